The molecule has 0 aliphatic carbocycles. The zero-order valence-electron chi connectivity index (χ0n) is 17.9. The summed E-state index contributed by atoms with van der Waals surface area (Å²) in [6, 6.07) is 25.9. The first-order valence-electron chi connectivity index (χ1n) is 11.3. The van der Waals surface area contributed by atoms with E-state index in [4.69, 9.17) is 5.73 Å². The Morgan fingerprint density at radius 3 is 1.88 bits per heavy atom. The molecule has 5 heteroatoms. The summed E-state index contributed by atoms with van der Waals surface area (Å²) in [4.78, 5) is 2.67. The lowest BCUT2D eigenvalue weighted by molar-refractivity contribution is -0.0663. The molecule has 3 N–H and O–H groups in total. The third-order valence-corrected chi connectivity index (χ3v) is 8.70. The minimum Gasteiger partial charge on any atom is -0.385 e. The molecule has 3 aromatic rings. The number of piperidine rings is 1. The Labute approximate surface area is 206 Å². The third kappa shape index (κ3) is 3.88. The van der Waals surface area contributed by atoms with E-state index in [1.165, 1.54) is 11.1 Å². The van der Waals surface area contributed by atoms with E-state index < -0.39 is 5.60 Å². The highest BCUT2D eigenvalue weighted by molar-refractivity contribution is 9.10. The molecule has 166 valence electrons. The minimum atomic E-state index is -0.829. The van der Waals surface area contributed by atoms with E-state index in [0.29, 0.717) is 18.6 Å². The summed E-state index contributed by atoms with van der Waals surface area (Å²) in [6.45, 7) is 0.452. The zero-order valence-corrected chi connectivity index (χ0v) is 21.1. The molecule has 0 amide bonds. The molecular weight excluding hydrogens is 528 g/mol. The Balaban J connectivity index is 1.57. The highest BCUT2D eigenvalue weighted by Gasteiger charge is 2.51. The Hall–Kier alpha value is -1.50. The molecule has 2 heterocycles. The molecule has 2 unspecified atom stereocenters. The lowest BCUT2D eigenvalue weighted by atomic mass is 9.77. The van der Waals surface area contributed by atoms with Gasteiger partial charge in [-0.05, 0) is 60.1 Å². The van der Waals surface area contributed by atoms with E-state index in [9.17, 15) is 5.11 Å². The quantitative estimate of drug-likeness (QED) is 0.390. The van der Waals surface area contributed by atoms with Gasteiger partial charge < -0.3 is 10.8 Å². The summed E-state index contributed by atoms with van der Waals surface area (Å²) >= 11 is 7.64. The van der Waals surface area contributed by atoms with Crippen LogP contribution in [-0.2, 0) is 12.1 Å². The van der Waals surface area contributed by atoms with Crippen LogP contribution in [0.1, 0.15) is 54.0 Å². The van der Waals surface area contributed by atoms with Crippen molar-refractivity contribution in [2.24, 2.45) is 5.73 Å². The van der Waals surface area contributed by atoms with Gasteiger partial charge in [0.15, 0.2) is 0 Å². The van der Waals surface area contributed by atoms with E-state index in [-0.39, 0.29) is 6.04 Å². The van der Waals surface area contributed by atoms with Gasteiger partial charge >= 0.3 is 0 Å². The van der Waals surface area contributed by atoms with Crippen LogP contribution in [0.5, 0.6) is 0 Å². The standard InChI is InChI=1S/C27H28Br2N2O/c28-24-11-5-2-8-21(24)26(22-9-3-6-12-25(22)29)31-19-13-14-20(31)16-27(32,15-19)23-10-4-1-7-18(23)17-30/h1-12,19-20,26,32H,13-17,30H2. The van der Waals surface area contributed by atoms with Crippen LogP contribution in [0.2, 0.25) is 0 Å². The normalized spacial score (nSPS) is 25.4. The molecular formula is C27H28Br2N2O. The first-order valence-corrected chi connectivity index (χ1v) is 12.9. The van der Waals surface area contributed by atoms with Crippen molar-refractivity contribution in [2.45, 2.75) is 56.0 Å². The lowest BCUT2D eigenvalue weighted by Crippen LogP contribution is -2.51. The number of hydrogen-bond donors (Lipinski definition) is 2. The van der Waals surface area contributed by atoms with Crippen molar-refractivity contribution in [1.82, 2.24) is 4.90 Å². The van der Waals surface area contributed by atoms with Crippen LogP contribution in [0, 0.1) is 0 Å². The van der Waals surface area contributed by atoms with Gasteiger partial charge in [0.1, 0.15) is 0 Å². The van der Waals surface area contributed by atoms with Gasteiger partial charge in [-0.2, -0.15) is 0 Å². The summed E-state index contributed by atoms with van der Waals surface area (Å²) in [5, 5.41) is 11.9. The average molecular weight is 556 g/mol. The number of nitrogens with zero attached hydrogens (tertiary/aromatic N) is 1. The number of aliphatic hydroxyl groups is 1. The van der Waals surface area contributed by atoms with Crippen LogP contribution in [-0.4, -0.2) is 22.1 Å². The maximum absolute atomic E-state index is 11.9. The fourth-order valence-corrected chi connectivity index (χ4v) is 6.94. The monoisotopic (exact) mass is 554 g/mol. The number of halogens is 2. The minimum absolute atomic E-state index is 0.118. The number of hydrogen-bond acceptors (Lipinski definition) is 3. The van der Waals surface area contributed by atoms with Gasteiger partial charge in [0.2, 0.25) is 0 Å². The fourth-order valence-electron chi connectivity index (χ4n) is 5.94. The Morgan fingerprint density at radius 1 is 0.844 bits per heavy atom. The predicted octanol–water partition coefficient (Wildman–Crippen LogP) is 6.27. The maximum Gasteiger partial charge on any atom is 0.0929 e. The molecule has 3 aromatic carbocycles. The molecule has 2 aliphatic rings. The molecule has 0 aromatic heterocycles. The van der Waals surface area contributed by atoms with Crippen LogP contribution >= 0.6 is 31.9 Å². The molecule has 2 fully saturated rings. The molecule has 2 aliphatic heterocycles. The van der Waals surface area contributed by atoms with E-state index in [1.54, 1.807) is 0 Å². The number of fused-ring (bicyclic) bond motifs is 2. The molecule has 2 bridgehead atoms. The van der Waals surface area contributed by atoms with Crippen molar-refractivity contribution in [2.75, 3.05) is 0 Å². The summed E-state index contributed by atoms with van der Waals surface area (Å²) in [7, 11) is 0. The molecule has 0 radical (unpaired) electrons. The summed E-state index contributed by atoms with van der Waals surface area (Å²) in [5.74, 6) is 0. The Bertz CT molecular complexity index is 1060. The second kappa shape index (κ2) is 9.03. The van der Waals surface area contributed by atoms with Crippen molar-refractivity contribution >= 4 is 31.9 Å². The number of benzene rings is 3. The fraction of sp³-hybridized carbons (Fsp3) is 0.333. The van der Waals surface area contributed by atoms with E-state index >= 15 is 0 Å². The third-order valence-electron chi connectivity index (χ3n) is 7.26. The second-order valence-electron chi connectivity index (χ2n) is 9.08. The molecule has 0 spiro atoms. The highest BCUT2D eigenvalue weighted by atomic mass is 79.9. The lowest BCUT2D eigenvalue weighted by Gasteiger charge is -2.48. The summed E-state index contributed by atoms with van der Waals surface area (Å²) in [5.41, 5.74) is 9.80. The van der Waals surface area contributed by atoms with Gasteiger partial charge in [0.05, 0.1) is 11.6 Å². The van der Waals surface area contributed by atoms with Crippen molar-refractivity contribution < 1.29 is 5.11 Å². The second-order valence-corrected chi connectivity index (χ2v) is 10.8. The predicted molar refractivity (Wildman–Crippen MR) is 136 cm³/mol. The van der Waals surface area contributed by atoms with Crippen LogP contribution in [0.3, 0.4) is 0 Å². The van der Waals surface area contributed by atoms with Gasteiger partial charge in [-0.15, -0.1) is 0 Å². The molecule has 2 atom stereocenters. The Morgan fingerprint density at radius 2 is 1.34 bits per heavy atom. The molecule has 0 saturated carbocycles. The Kier molecular flexibility index (Phi) is 6.30. The number of nitrogens with two attached hydrogens (primary N) is 1. The van der Waals surface area contributed by atoms with Gasteiger partial charge in [-0.1, -0.05) is 92.5 Å². The first kappa shape index (κ1) is 22.3. The zero-order chi connectivity index (χ0) is 22.3. The van der Waals surface area contributed by atoms with Gasteiger partial charge in [0.25, 0.3) is 0 Å². The SMILES string of the molecule is NCc1ccccc1C1(O)CC2CCC(C1)N2C(c1ccccc1Br)c1ccccc1Br. The van der Waals surface area contributed by atoms with Crippen molar-refractivity contribution in [3.63, 3.8) is 0 Å². The maximum atomic E-state index is 11.9. The highest BCUT2D eigenvalue weighted by Crippen LogP contribution is 2.52. The van der Waals surface area contributed by atoms with Crippen molar-refractivity contribution in [3.8, 4) is 0 Å². The van der Waals surface area contributed by atoms with E-state index in [0.717, 1.165) is 45.8 Å². The molecule has 3 nitrogen and oxygen atoms in total. The summed E-state index contributed by atoms with van der Waals surface area (Å²) < 4.78 is 2.24. The molecule has 5 rings (SSSR count). The van der Waals surface area contributed by atoms with Crippen LogP contribution in [0.4, 0.5) is 0 Å². The average Bonchev–Trinajstić information content (AvgIpc) is 3.07. The smallest absolute Gasteiger partial charge is 0.0929 e. The van der Waals surface area contributed by atoms with E-state index in [2.05, 4.69) is 91.4 Å². The molecule has 32 heavy (non-hydrogen) atoms. The van der Waals surface area contributed by atoms with Crippen LogP contribution in [0.25, 0.3) is 0 Å². The van der Waals surface area contributed by atoms with Gasteiger partial charge in [0, 0.05) is 27.6 Å². The van der Waals surface area contributed by atoms with Gasteiger partial charge in [-0.25, -0.2) is 0 Å². The largest absolute Gasteiger partial charge is 0.385 e. The van der Waals surface area contributed by atoms with Crippen LogP contribution < -0.4 is 5.73 Å². The number of rotatable bonds is 5. The topological polar surface area (TPSA) is 49.5 Å². The van der Waals surface area contributed by atoms with Crippen molar-refractivity contribution in [1.29, 1.82) is 0 Å². The summed E-state index contributed by atoms with van der Waals surface area (Å²) in [6.07, 6.45) is 3.66. The van der Waals surface area contributed by atoms with E-state index in [1.807, 2.05) is 18.2 Å². The van der Waals surface area contributed by atoms with Crippen LogP contribution in [0.15, 0.2) is 81.7 Å². The van der Waals surface area contributed by atoms with Gasteiger partial charge in [-0.3, -0.25) is 4.90 Å². The van der Waals surface area contributed by atoms with Crippen molar-refractivity contribution in [3.05, 3.63) is 104 Å². The first-order chi connectivity index (χ1) is 15.5. The molecule has 2 saturated heterocycles.